The molecule has 3 N–H and O–H groups in total. The fraction of sp³-hybridized carbons (Fsp3) is 0.182. The van der Waals surface area contributed by atoms with E-state index in [1.54, 1.807) is 19.1 Å². The number of carbonyl (C=O) groups is 2. The SMILES string of the molecule is Cc1c(C(=O)NNC(=O)c2ccncc2)oc2c1/C(=N/Nc1ccc(F)cc1)CCC2. The second-order valence-electron chi connectivity index (χ2n) is 7.03. The molecule has 1 aliphatic rings. The number of carbonyl (C=O) groups excluding carboxylic acids is 2. The summed E-state index contributed by atoms with van der Waals surface area (Å²) in [6.07, 6.45) is 5.19. The van der Waals surface area contributed by atoms with Crippen LogP contribution in [0.5, 0.6) is 0 Å². The Hall–Kier alpha value is -4.01. The Balaban J connectivity index is 1.49. The summed E-state index contributed by atoms with van der Waals surface area (Å²) in [7, 11) is 0. The number of halogens is 1. The van der Waals surface area contributed by atoms with Crippen LogP contribution in [0.1, 0.15) is 50.6 Å². The van der Waals surface area contributed by atoms with Gasteiger partial charge in [-0.3, -0.25) is 30.9 Å². The number of aryl methyl sites for hydroxylation is 1. The highest BCUT2D eigenvalue weighted by Gasteiger charge is 2.28. The van der Waals surface area contributed by atoms with Gasteiger partial charge in [0.05, 0.1) is 11.4 Å². The van der Waals surface area contributed by atoms with E-state index in [4.69, 9.17) is 4.42 Å². The summed E-state index contributed by atoms with van der Waals surface area (Å²) in [6.45, 7) is 1.78. The van der Waals surface area contributed by atoms with Crippen molar-refractivity contribution in [2.75, 3.05) is 5.43 Å². The third-order valence-electron chi connectivity index (χ3n) is 4.93. The standard InChI is InChI=1S/C22H20FN5O3/c1-13-19-17(26-25-16-7-5-15(23)6-8-16)3-2-4-18(19)31-20(13)22(30)28-27-21(29)14-9-11-24-12-10-14/h5-12,25H,2-4H2,1H3,(H,27,29)(H,28,30)/b26-17+. The van der Waals surface area contributed by atoms with Gasteiger partial charge in [0.25, 0.3) is 5.91 Å². The third-order valence-corrected chi connectivity index (χ3v) is 4.93. The van der Waals surface area contributed by atoms with Gasteiger partial charge >= 0.3 is 5.91 Å². The monoisotopic (exact) mass is 421 g/mol. The quantitative estimate of drug-likeness (QED) is 0.560. The Kier molecular flexibility index (Phi) is 5.74. The van der Waals surface area contributed by atoms with E-state index in [1.165, 1.54) is 36.7 Å². The van der Waals surface area contributed by atoms with Crippen LogP contribution in [0.15, 0.2) is 58.3 Å². The minimum absolute atomic E-state index is 0.122. The fourth-order valence-electron chi connectivity index (χ4n) is 3.40. The smallest absolute Gasteiger partial charge is 0.305 e. The molecule has 8 nitrogen and oxygen atoms in total. The lowest BCUT2D eigenvalue weighted by atomic mass is 9.93. The van der Waals surface area contributed by atoms with Gasteiger partial charge in [0.1, 0.15) is 11.6 Å². The average molecular weight is 421 g/mol. The van der Waals surface area contributed by atoms with Crippen molar-refractivity contribution in [2.45, 2.75) is 26.2 Å². The van der Waals surface area contributed by atoms with Crippen LogP contribution in [0.25, 0.3) is 0 Å². The number of hydrogen-bond acceptors (Lipinski definition) is 6. The molecule has 31 heavy (non-hydrogen) atoms. The van der Waals surface area contributed by atoms with Crippen molar-refractivity contribution >= 4 is 23.2 Å². The number of benzene rings is 1. The first-order valence-electron chi connectivity index (χ1n) is 9.74. The molecule has 0 spiro atoms. The first kappa shape index (κ1) is 20.3. The largest absolute Gasteiger partial charge is 0.455 e. The van der Waals surface area contributed by atoms with E-state index < -0.39 is 11.8 Å². The molecule has 2 heterocycles. The van der Waals surface area contributed by atoms with Crippen molar-refractivity contribution in [3.05, 3.63) is 82.8 Å². The molecule has 0 unspecified atom stereocenters. The molecular weight excluding hydrogens is 401 g/mol. The number of fused-ring (bicyclic) bond motifs is 1. The number of anilines is 1. The van der Waals surface area contributed by atoms with Crippen LogP contribution in [0, 0.1) is 12.7 Å². The van der Waals surface area contributed by atoms with Crippen molar-refractivity contribution < 1.29 is 18.4 Å². The Labute approximate surface area is 177 Å². The first-order valence-corrected chi connectivity index (χ1v) is 9.74. The molecule has 0 fully saturated rings. The lowest BCUT2D eigenvalue weighted by molar-refractivity contribution is 0.0829. The molecule has 0 radical (unpaired) electrons. The summed E-state index contributed by atoms with van der Waals surface area (Å²) < 4.78 is 18.9. The predicted octanol–water partition coefficient (Wildman–Crippen LogP) is 3.35. The number of pyridine rings is 1. The van der Waals surface area contributed by atoms with E-state index in [-0.39, 0.29) is 11.6 Å². The number of nitrogens with one attached hydrogen (secondary N) is 3. The zero-order chi connectivity index (χ0) is 21.8. The second kappa shape index (κ2) is 8.78. The Morgan fingerprint density at radius 3 is 2.48 bits per heavy atom. The third kappa shape index (κ3) is 4.45. The molecule has 3 aromatic rings. The van der Waals surface area contributed by atoms with Crippen molar-refractivity contribution in [3.63, 3.8) is 0 Å². The van der Waals surface area contributed by atoms with Gasteiger partial charge in [-0.1, -0.05) is 0 Å². The summed E-state index contributed by atoms with van der Waals surface area (Å²) in [4.78, 5) is 28.6. The summed E-state index contributed by atoms with van der Waals surface area (Å²) in [5.41, 5.74) is 10.9. The van der Waals surface area contributed by atoms with Crippen LogP contribution >= 0.6 is 0 Å². The molecule has 1 aliphatic carbocycles. The minimum atomic E-state index is -0.555. The number of aromatic nitrogens is 1. The number of nitrogens with zero attached hydrogens (tertiary/aromatic N) is 2. The fourth-order valence-corrected chi connectivity index (χ4v) is 3.40. The minimum Gasteiger partial charge on any atom is -0.455 e. The van der Waals surface area contributed by atoms with Gasteiger partial charge in [-0.05, 0) is 56.2 Å². The second-order valence-corrected chi connectivity index (χ2v) is 7.03. The first-order chi connectivity index (χ1) is 15.0. The summed E-state index contributed by atoms with van der Waals surface area (Å²) >= 11 is 0. The zero-order valence-electron chi connectivity index (χ0n) is 16.7. The van der Waals surface area contributed by atoms with Crippen molar-refractivity contribution in [1.29, 1.82) is 0 Å². The molecule has 0 saturated heterocycles. The molecule has 0 aliphatic heterocycles. The van der Waals surface area contributed by atoms with E-state index >= 15 is 0 Å². The van der Waals surface area contributed by atoms with Crippen molar-refractivity contribution in [1.82, 2.24) is 15.8 Å². The van der Waals surface area contributed by atoms with Crippen LogP contribution < -0.4 is 16.3 Å². The van der Waals surface area contributed by atoms with Gasteiger partial charge in [-0.2, -0.15) is 5.10 Å². The van der Waals surface area contributed by atoms with E-state index in [0.717, 1.165) is 17.7 Å². The maximum Gasteiger partial charge on any atom is 0.305 e. The van der Waals surface area contributed by atoms with Gasteiger partial charge in [-0.15, -0.1) is 0 Å². The number of rotatable bonds is 4. The number of hydrogen-bond donors (Lipinski definition) is 3. The van der Waals surface area contributed by atoms with Gasteiger partial charge < -0.3 is 4.42 Å². The molecule has 2 aromatic heterocycles. The van der Waals surface area contributed by atoms with E-state index in [9.17, 15) is 14.0 Å². The lowest BCUT2D eigenvalue weighted by Gasteiger charge is -2.13. The number of hydrazine groups is 1. The van der Waals surface area contributed by atoms with Crippen molar-refractivity contribution in [3.8, 4) is 0 Å². The lowest BCUT2D eigenvalue weighted by Crippen LogP contribution is -2.41. The van der Waals surface area contributed by atoms with Crippen molar-refractivity contribution in [2.24, 2.45) is 5.10 Å². The Bertz CT molecular complexity index is 1140. The average Bonchev–Trinajstić information content (AvgIpc) is 3.14. The molecule has 0 saturated carbocycles. The zero-order valence-corrected chi connectivity index (χ0v) is 16.7. The molecule has 9 heteroatoms. The molecular formula is C22H20FN5O3. The van der Waals surface area contributed by atoms with E-state index in [2.05, 4.69) is 26.4 Å². The number of furan rings is 1. The maximum absolute atomic E-state index is 13.1. The van der Waals surface area contributed by atoms with Gasteiger partial charge in [0, 0.05) is 35.5 Å². The topological polar surface area (TPSA) is 109 Å². The van der Waals surface area contributed by atoms with Crippen LogP contribution in [0.3, 0.4) is 0 Å². The van der Waals surface area contributed by atoms with Gasteiger partial charge in [-0.25, -0.2) is 4.39 Å². The van der Waals surface area contributed by atoms with Gasteiger partial charge in [0.2, 0.25) is 0 Å². The highest BCUT2D eigenvalue weighted by atomic mass is 19.1. The Morgan fingerprint density at radius 1 is 1.03 bits per heavy atom. The molecule has 0 atom stereocenters. The van der Waals surface area contributed by atoms with Gasteiger partial charge in [0.15, 0.2) is 5.76 Å². The molecule has 158 valence electrons. The van der Waals surface area contributed by atoms with Crippen LogP contribution in [0.4, 0.5) is 10.1 Å². The summed E-state index contributed by atoms with van der Waals surface area (Å²) in [5, 5.41) is 4.45. The molecule has 2 amide bonds. The highest BCUT2D eigenvalue weighted by Crippen LogP contribution is 2.30. The van der Waals surface area contributed by atoms with E-state index in [1.807, 2.05) is 0 Å². The Morgan fingerprint density at radius 2 is 1.74 bits per heavy atom. The summed E-state index contributed by atoms with van der Waals surface area (Å²) in [6, 6.07) is 8.96. The molecule has 4 rings (SSSR count). The molecule has 1 aromatic carbocycles. The molecule has 0 bridgehead atoms. The predicted molar refractivity (Wildman–Crippen MR) is 112 cm³/mol. The normalized spacial score (nSPS) is 14.1. The number of amides is 2. The maximum atomic E-state index is 13.1. The van der Waals surface area contributed by atoms with Crippen LogP contribution in [-0.2, 0) is 6.42 Å². The van der Waals surface area contributed by atoms with Crippen LogP contribution in [-0.4, -0.2) is 22.5 Å². The highest BCUT2D eigenvalue weighted by molar-refractivity contribution is 6.07. The van der Waals surface area contributed by atoms with Crippen LogP contribution in [0.2, 0.25) is 0 Å². The van der Waals surface area contributed by atoms with E-state index in [0.29, 0.717) is 35.4 Å². The summed E-state index contributed by atoms with van der Waals surface area (Å²) in [5.74, 6) is -0.545. The number of hydrazone groups is 1.